The van der Waals surface area contributed by atoms with E-state index in [2.05, 4.69) is 9.88 Å². The highest BCUT2D eigenvalue weighted by Crippen LogP contribution is 2.28. The van der Waals surface area contributed by atoms with E-state index in [-0.39, 0.29) is 30.5 Å². The zero-order chi connectivity index (χ0) is 22.3. The van der Waals surface area contributed by atoms with Crippen molar-refractivity contribution in [3.8, 4) is 0 Å². The predicted octanol–water partition coefficient (Wildman–Crippen LogP) is 2.32. The smallest absolute Gasteiger partial charge is 0.228 e. The van der Waals surface area contributed by atoms with E-state index in [1.54, 1.807) is 30.6 Å². The molecule has 1 aromatic carbocycles. The van der Waals surface area contributed by atoms with Crippen molar-refractivity contribution in [1.29, 1.82) is 0 Å². The van der Waals surface area contributed by atoms with Gasteiger partial charge in [-0.15, -0.1) is 0 Å². The Balaban J connectivity index is 1.42. The van der Waals surface area contributed by atoms with E-state index in [0.29, 0.717) is 13.1 Å². The van der Waals surface area contributed by atoms with Crippen LogP contribution in [-0.2, 0) is 20.9 Å². The Labute approximate surface area is 187 Å². The molecular formula is C24H29FN4O3. The van der Waals surface area contributed by atoms with E-state index in [1.165, 1.54) is 11.0 Å². The van der Waals surface area contributed by atoms with E-state index in [0.717, 1.165) is 44.8 Å². The molecule has 2 fully saturated rings. The fraction of sp³-hybridized carbons (Fsp3) is 0.458. The van der Waals surface area contributed by atoms with Crippen LogP contribution in [0, 0.1) is 11.7 Å². The molecule has 8 heteroatoms. The van der Waals surface area contributed by atoms with Crippen molar-refractivity contribution < 1.29 is 18.7 Å². The highest BCUT2D eigenvalue weighted by molar-refractivity contribution is 6.00. The maximum Gasteiger partial charge on any atom is 0.228 e. The third kappa shape index (κ3) is 5.49. The first-order valence-corrected chi connectivity index (χ1v) is 11.1. The lowest BCUT2D eigenvalue weighted by atomic mass is 10.1. The highest BCUT2D eigenvalue weighted by Gasteiger charge is 2.38. The van der Waals surface area contributed by atoms with Crippen LogP contribution in [0.1, 0.15) is 18.4 Å². The molecule has 2 aromatic rings. The molecule has 0 bridgehead atoms. The number of hydrogen-bond acceptors (Lipinski definition) is 5. The van der Waals surface area contributed by atoms with Gasteiger partial charge in [-0.25, -0.2) is 4.39 Å². The standard InChI is InChI=1S/C24H29FN4O3/c25-21-4-1-2-5-22(21)29-18-20(16-23(29)30)24(31)28(17-19-6-8-26-9-7-19)11-3-10-27-12-14-32-15-13-27/h1-2,4-9,20H,3,10-18H2. The maximum atomic E-state index is 14.2. The Hall–Kier alpha value is -2.84. The van der Waals surface area contributed by atoms with Crippen molar-refractivity contribution in [3.63, 3.8) is 0 Å². The summed E-state index contributed by atoms with van der Waals surface area (Å²) in [4.78, 5) is 35.7. The van der Waals surface area contributed by atoms with E-state index >= 15 is 0 Å². The first-order valence-electron chi connectivity index (χ1n) is 11.1. The van der Waals surface area contributed by atoms with Crippen LogP contribution in [0.3, 0.4) is 0 Å². The number of nitrogens with zero attached hydrogens (tertiary/aromatic N) is 4. The molecule has 2 aliphatic heterocycles. The Morgan fingerprint density at radius 2 is 1.91 bits per heavy atom. The molecule has 0 saturated carbocycles. The van der Waals surface area contributed by atoms with Crippen LogP contribution in [0.2, 0.25) is 0 Å². The topological polar surface area (TPSA) is 66.0 Å². The SMILES string of the molecule is O=C(C1CC(=O)N(c2ccccc2F)C1)N(CCCN1CCOCC1)Cc1ccncc1. The molecule has 1 atom stereocenters. The quantitative estimate of drug-likeness (QED) is 0.630. The number of pyridine rings is 1. The van der Waals surface area contributed by atoms with Crippen molar-refractivity contribution in [1.82, 2.24) is 14.8 Å². The minimum atomic E-state index is -0.479. The lowest BCUT2D eigenvalue weighted by Gasteiger charge is -2.29. The van der Waals surface area contributed by atoms with Gasteiger partial charge in [0.15, 0.2) is 0 Å². The van der Waals surface area contributed by atoms with Crippen molar-refractivity contribution in [2.24, 2.45) is 5.92 Å². The molecule has 2 saturated heterocycles. The number of amides is 2. The van der Waals surface area contributed by atoms with Crippen LogP contribution >= 0.6 is 0 Å². The van der Waals surface area contributed by atoms with Gasteiger partial charge in [0.05, 0.1) is 24.8 Å². The van der Waals surface area contributed by atoms with Crippen LogP contribution in [-0.4, -0.2) is 72.5 Å². The number of aromatic nitrogens is 1. The van der Waals surface area contributed by atoms with Gasteiger partial charge in [0.1, 0.15) is 5.82 Å². The summed E-state index contributed by atoms with van der Waals surface area (Å²) in [6.07, 6.45) is 4.37. The van der Waals surface area contributed by atoms with Gasteiger partial charge in [0, 0.05) is 58.1 Å². The average Bonchev–Trinajstić information content (AvgIpc) is 3.21. The molecule has 32 heavy (non-hydrogen) atoms. The summed E-state index contributed by atoms with van der Waals surface area (Å²) in [6, 6.07) is 9.99. The number of carbonyl (C=O) groups excluding carboxylic acids is 2. The fourth-order valence-corrected chi connectivity index (χ4v) is 4.32. The van der Waals surface area contributed by atoms with E-state index in [4.69, 9.17) is 4.74 Å². The van der Waals surface area contributed by atoms with Gasteiger partial charge >= 0.3 is 0 Å². The van der Waals surface area contributed by atoms with Crippen molar-refractivity contribution in [2.45, 2.75) is 19.4 Å². The van der Waals surface area contributed by atoms with Crippen LogP contribution in [0.5, 0.6) is 0 Å². The zero-order valence-electron chi connectivity index (χ0n) is 18.2. The number of halogens is 1. The molecule has 0 N–H and O–H groups in total. The van der Waals surface area contributed by atoms with E-state index < -0.39 is 11.7 Å². The van der Waals surface area contributed by atoms with E-state index in [1.807, 2.05) is 17.0 Å². The molecule has 1 aromatic heterocycles. The van der Waals surface area contributed by atoms with Crippen molar-refractivity contribution in [2.75, 3.05) is 50.8 Å². The average molecular weight is 441 g/mol. The number of para-hydroxylation sites is 1. The molecular weight excluding hydrogens is 411 g/mol. The lowest BCUT2D eigenvalue weighted by Crippen LogP contribution is -2.41. The minimum Gasteiger partial charge on any atom is -0.379 e. The Kier molecular flexibility index (Phi) is 7.44. The van der Waals surface area contributed by atoms with Crippen molar-refractivity contribution in [3.05, 3.63) is 60.2 Å². The van der Waals surface area contributed by atoms with E-state index in [9.17, 15) is 14.0 Å². The number of carbonyl (C=O) groups is 2. The summed E-state index contributed by atoms with van der Waals surface area (Å²) in [5.41, 5.74) is 1.23. The Bertz CT molecular complexity index is 920. The molecule has 2 amide bonds. The second-order valence-electron chi connectivity index (χ2n) is 8.28. The van der Waals surface area contributed by atoms with Gasteiger partial charge in [-0.2, -0.15) is 0 Å². The zero-order valence-corrected chi connectivity index (χ0v) is 18.2. The number of ether oxygens (including phenoxy) is 1. The van der Waals surface area contributed by atoms with Crippen molar-refractivity contribution >= 4 is 17.5 Å². The van der Waals surface area contributed by atoms with Gasteiger partial charge in [-0.3, -0.25) is 19.5 Å². The van der Waals surface area contributed by atoms with Crippen LogP contribution in [0.25, 0.3) is 0 Å². The molecule has 2 aliphatic rings. The number of rotatable bonds is 8. The summed E-state index contributed by atoms with van der Waals surface area (Å²) >= 11 is 0. The molecule has 4 rings (SSSR count). The number of morpholine rings is 1. The van der Waals surface area contributed by atoms with Crippen LogP contribution in [0.15, 0.2) is 48.8 Å². The van der Waals surface area contributed by atoms with Gasteiger partial charge in [-0.05, 0) is 36.2 Å². The molecule has 0 spiro atoms. The summed E-state index contributed by atoms with van der Waals surface area (Å²) in [5.74, 6) is -1.21. The second-order valence-corrected chi connectivity index (χ2v) is 8.28. The number of hydrogen-bond donors (Lipinski definition) is 0. The normalized spacial score (nSPS) is 19.3. The van der Waals surface area contributed by atoms with Crippen LogP contribution in [0.4, 0.5) is 10.1 Å². The number of benzene rings is 1. The van der Waals surface area contributed by atoms with Gasteiger partial charge in [0.2, 0.25) is 11.8 Å². The molecule has 170 valence electrons. The third-order valence-corrected chi connectivity index (χ3v) is 6.06. The molecule has 7 nitrogen and oxygen atoms in total. The molecule has 0 aliphatic carbocycles. The summed E-state index contributed by atoms with van der Waals surface area (Å²) in [6.45, 7) is 5.48. The first-order chi connectivity index (χ1) is 15.6. The highest BCUT2D eigenvalue weighted by atomic mass is 19.1. The lowest BCUT2D eigenvalue weighted by molar-refractivity contribution is -0.136. The van der Waals surface area contributed by atoms with Crippen LogP contribution < -0.4 is 4.90 Å². The first kappa shape index (κ1) is 22.4. The summed E-state index contributed by atoms with van der Waals surface area (Å²) in [5, 5.41) is 0. The maximum absolute atomic E-state index is 14.2. The third-order valence-electron chi connectivity index (χ3n) is 6.06. The number of anilines is 1. The molecule has 0 radical (unpaired) electrons. The molecule has 3 heterocycles. The monoisotopic (exact) mass is 440 g/mol. The van der Waals surface area contributed by atoms with Gasteiger partial charge in [-0.1, -0.05) is 12.1 Å². The Morgan fingerprint density at radius 3 is 2.66 bits per heavy atom. The van der Waals surface area contributed by atoms with Gasteiger partial charge in [0.25, 0.3) is 0 Å². The largest absolute Gasteiger partial charge is 0.379 e. The Morgan fingerprint density at radius 1 is 1.16 bits per heavy atom. The fourth-order valence-electron chi connectivity index (χ4n) is 4.32. The summed E-state index contributed by atoms with van der Waals surface area (Å²) < 4.78 is 19.6. The molecule has 1 unspecified atom stereocenters. The minimum absolute atomic E-state index is 0.0593. The predicted molar refractivity (Wildman–Crippen MR) is 118 cm³/mol. The summed E-state index contributed by atoms with van der Waals surface area (Å²) in [7, 11) is 0. The van der Waals surface area contributed by atoms with Gasteiger partial charge < -0.3 is 14.5 Å². The second kappa shape index (κ2) is 10.7.